The molecule has 0 radical (unpaired) electrons. The lowest BCUT2D eigenvalue weighted by molar-refractivity contribution is -0.384. The van der Waals surface area contributed by atoms with Gasteiger partial charge in [-0.2, -0.15) is 0 Å². The van der Waals surface area contributed by atoms with Crippen LogP contribution in [0.4, 0.5) is 11.4 Å². The van der Waals surface area contributed by atoms with Crippen LogP contribution in [0, 0.1) is 17.0 Å². The molecular formula is C14H15N3O3. The number of ether oxygens (including phenoxy) is 1. The molecule has 0 fully saturated rings. The Balaban J connectivity index is 2.25. The van der Waals surface area contributed by atoms with Gasteiger partial charge in [0.1, 0.15) is 5.69 Å². The van der Waals surface area contributed by atoms with Gasteiger partial charge in [0.15, 0.2) is 0 Å². The summed E-state index contributed by atoms with van der Waals surface area (Å²) in [5.74, 6) is 0.510. The Kier molecular flexibility index (Phi) is 4.14. The Morgan fingerprint density at radius 1 is 1.35 bits per heavy atom. The van der Waals surface area contributed by atoms with E-state index in [-0.39, 0.29) is 5.69 Å². The van der Waals surface area contributed by atoms with Crippen LogP contribution in [0.2, 0.25) is 0 Å². The first-order valence-corrected chi connectivity index (χ1v) is 6.09. The highest BCUT2D eigenvalue weighted by atomic mass is 16.6. The van der Waals surface area contributed by atoms with Crippen molar-refractivity contribution < 1.29 is 9.66 Å². The van der Waals surface area contributed by atoms with Crippen LogP contribution >= 0.6 is 0 Å². The number of rotatable bonds is 5. The predicted octanol–water partition coefficient (Wildman–Crippen LogP) is 2.92. The molecule has 2 rings (SSSR count). The molecule has 0 aliphatic rings. The van der Waals surface area contributed by atoms with Crippen molar-refractivity contribution in [3.05, 3.63) is 57.8 Å². The molecule has 0 aliphatic carbocycles. The zero-order valence-corrected chi connectivity index (χ0v) is 11.3. The van der Waals surface area contributed by atoms with Crippen molar-refractivity contribution >= 4 is 11.4 Å². The van der Waals surface area contributed by atoms with Gasteiger partial charge in [-0.1, -0.05) is 18.2 Å². The topological polar surface area (TPSA) is 77.3 Å². The highest BCUT2D eigenvalue weighted by Crippen LogP contribution is 2.28. The van der Waals surface area contributed by atoms with Gasteiger partial charge in [0.05, 0.1) is 12.0 Å². The smallest absolute Gasteiger partial charge is 0.292 e. The molecule has 0 atom stereocenters. The average Bonchev–Trinajstić information content (AvgIpc) is 2.46. The fourth-order valence-corrected chi connectivity index (χ4v) is 1.96. The van der Waals surface area contributed by atoms with E-state index in [0.29, 0.717) is 18.1 Å². The van der Waals surface area contributed by atoms with E-state index in [4.69, 9.17) is 4.74 Å². The quantitative estimate of drug-likeness (QED) is 0.669. The van der Waals surface area contributed by atoms with E-state index in [1.54, 1.807) is 25.4 Å². The summed E-state index contributed by atoms with van der Waals surface area (Å²) < 4.78 is 5.16. The number of nitrogens with zero attached hydrogens (tertiary/aromatic N) is 2. The lowest BCUT2D eigenvalue weighted by Crippen LogP contribution is -2.06. The van der Waals surface area contributed by atoms with E-state index in [9.17, 15) is 10.1 Å². The third kappa shape index (κ3) is 2.85. The minimum atomic E-state index is -0.393. The summed E-state index contributed by atoms with van der Waals surface area (Å²) in [6.45, 7) is 2.23. The van der Waals surface area contributed by atoms with Crippen LogP contribution < -0.4 is 10.1 Å². The molecule has 6 nitrogen and oxygen atoms in total. The van der Waals surface area contributed by atoms with E-state index < -0.39 is 4.92 Å². The van der Waals surface area contributed by atoms with E-state index in [2.05, 4.69) is 10.3 Å². The molecule has 1 aromatic heterocycles. The fourth-order valence-electron chi connectivity index (χ4n) is 1.96. The Labute approximate surface area is 116 Å². The zero-order chi connectivity index (χ0) is 14.5. The molecule has 6 heteroatoms. The first-order valence-electron chi connectivity index (χ1n) is 6.09. The molecule has 104 valence electrons. The van der Waals surface area contributed by atoms with Crippen molar-refractivity contribution in [2.75, 3.05) is 12.4 Å². The van der Waals surface area contributed by atoms with Gasteiger partial charge in [0, 0.05) is 24.4 Å². The second-order valence-corrected chi connectivity index (χ2v) is 4.25. The van der Waals surface area contributed by atoms with Crippen molar-refractivity contribution in [1.82, 2.24) is 4.98 Å². The molecule has 0 unspecified atom stereocenters. The molecule has 20 heavy (non-hydrogen) atoms. The van der Waals surface area contributed by atoms with E-state index in [1.807, 2.05) is 19.1 Å². The zero-order valence-electron chi connectivity index (χ0n) is 11.3. The largest absolute Gasteiger partial charge is 0.481 e. The van der Waals surface area contributed by atoms with Gasteiger partial charge in [0.2, 0.25) is 5.88 Å². The van der Waals surface area contributed by atoms with Crippen LogP contribution in [0.25, 0.3) is 0 Å². The second kappa shape index (κ2) is 6.01. The summed E-state index contributed by atoms with van der Waals surface area (Å²) in [5, 5.41) is 14.1. The molecule has 1 heterocycles. The van der Waals surface area contributed by atoms with Gasteiger partial charge >= 0.3 is 0 Å². The third-order valence-corrected chi connectivity index (χ3v) is 2.95. The minimum absolute atomic E-state index is 0.0628. The molecule has 0 aliphatic heterocycles. The maximum atomic E-state index is 11.0. The number of pyridine rings is 1. The van der Waals surface area contributed by atoms with Gasteiger partial charge in [-0.15, -0.1) is 0 Å². The number of nitrogens with one attached hydrogen (secondary N) is 1. The number of nitro groups is 1. The number of benzene rings is 1. The Hall–Kier alpha value is -2.63. The van der Waals surface area contributed by atoms with Crippen LogP contribution in [-0.4, -0.2) is 17.0 Å². The maximum Gasteiger partial charge on any atom is 0.292 e. The number of hydrogen-bond donors (Lipinski definition) is 1. The molecule has 2 aromatic rings. The molecule has 0 spiro atoms. The van der Waals surface area contributed by atoms with Crippen molar-refractivity contribution in [2.45, 2.75) is 13.5 Å². The third-order valence-electron chi connectivity index (χ3n) is 2.95. The van der Waals surface area contributed by atoms with Crippen LogP contribution in [-0.2, 0) is 6.54 Å². The number of methoxy groups -OCH3 is 1. The molecule has 0 amide bonds. The minimum Gasteiger partial charge on any atom is -0.481 e. The number of aromatic nitrogens is 1. The summed E-state index contributed by atoms with van der Waals surface area (Å²) in [6.07, 6.45) is 1.64. The number of para-hydroxylation sites is 1. The van der Waals surface area contributed by atoms with E-state index >= 15 is 0 Å². The average molecular weight is 273 g/mol. The summed E-state index contributed by atoms with van der Waals surface area (Å²) in [5.41, 5.74) is 2.24. The monoisotopic (exact) mass is 273 g/mol. The first kappa shape index (κ1) is 13.8. The molecule has 0 bridgehead atoms. The Bertz CT molecular complexity index is 629. The molecule has 1 aromatic carbocycles. The summed E-state index contributed by atoms with van der Waals surface area (Å²) in [6, 6.07) is 8.64. The Morgan fingerprint density at radius 2 is 2.15 bits per heavy atom. The van der Waals surface area contributed by atoms with Crippen molar-refractivity contribution in [2.24, 2.45) is 0 Å². The van der Waals surface area contributed by atoms with Gasteiger partial charge in [-0.25, -0.2) is 4.98 Å². The maximum absolute atomic E-state index is 11.0. The Morgan fingerprint density at radius 3 is 2.85 bits per heavy atom. The lowest BCUT2D eigenvalue weighted by Gasteiger charge is -2.11. The van der Waals surface area contributed by atoms with Crippen molar-refractivity contribution in [1.29, 1.82) is 0 Å². The second-order valence-electron chi connectivity index (χ2n) is 4.25. The molecule has 0 saturated heterocycles. The van der Waals surface area contributed by atoms with Crippen LogP contribution in [0.1, 0.15) is 11.1 Å². The predicted molar refractivity (Wildman–Crippen MR) is 75.9 cm³/mol. The number of aryl methyl sites for hydroxylation is 1. The van der Waals surface area contributed by atoms with Gasteiger partial charge in [0.25, 0.3) is 5.69 Å². The van der Waals surface area contributed by atoms with Gasteiger partial charge < -0.3 is 10.1 Å². The summed E-state index contributed by atoms with van der Waals surface area (Å²) >= 11 is 0. The molecule has 1 N–H and O–H groups in total. The first-order chi connectivity index (χ1) is 9.63. The van der Waals surface area contributed by atoms with Crippen LogP contribution in [0.15, 0.2) is 36.5 Å². The number of nitro benzene ring substituents is 1. The molecular weight excluding hydrogens is 258 g/mol. The summed E-state index contributed by atoms with van der Waals surface area (Å²) in [4.78, 5) is 14.7. The van der Waals surface area contributed by atoms with Gasteiger partial charge in [-0.3, -0.25) is 10.1 Å². The molecule has 0 saturated carbocycles. The van der Waals surface area contributed by atoms with E-state index in [1.165, 1.54) is 6.07 Å². The van der Waals surface area contributed by atoms with Crippen molar-refractivity contribution in [3.63, 3.8) is 0 Å². The standard InChI is InChI=1S/C14H15N3O3/c1-10-5-3-7-12(17(18)19)13(10)16-9-11-6-4-8-15-14(11)20-2/h3-8,16H,9H2,1-2H3. The lowest BCUT2D eigenvalue weighted by atomic mass is 10.1. The number of anilines is 1. The van der Waals surface area contributed by atoms with E-state index in [0.717, 1.165) is 11.1 Å². The SMILES string of the molecule is COc1ncccc1CNc1c(C)cccc1[N+](=O)[O-]. The highest BCUT2D eigenvalue weighted by molar-refractivity contribution is 5.66. The fraction of sp³-hybridized carbons (Fsp3) is 0.214. The highest BCUT2D eigenvalue weighted by Gasteiger charge is 2.15. The van der Waals surface area contributed by atoms with Crippen LogP contribution in [0.5, 0.6) is 5.88 Å². The summed E-state index contributed by atoms with van der Waals surface area (Å²) in [7, 11) is 1.54. The van der Waals surface area contributed by atoms with Crippen LogP contribution in [0.3, 0.4) is 0 Å². The van der Waals surface area contributed by atoms with Crippen molar-refractivity contribution in [3.8, 4) is 5.88 Å². The van der Waals surface area contributed by atoms with Gasteiger partial charge in [-0.05, 0) is 18.6 Å². The number of hydrogen-bond acceptors (Lipinski definition) is 5. The normalized spacial score (nSPS) is 10.1.